The lowest BCUT2D eigenvalue weighted by Crippen LogP contribution is -2.58. The van der Waals surface area contributed by atoms with Crippen LogP contribution in [0.1, 0.15) is 44.9 Å². The van der Waals surface area contributed by atoms with Gasteiger partial charge in [0.25, 0.3) is 0 Å². The smallest absolute Gasteiger partial charge is 0.224 e. The summed E-state index contributed by atoms with van der Waals surface area (Å²) in [6, 6.07) is 6.69. The molecule has 1 unspecified atom stereocenters. The minimum absolute atomic E-state index is 0.00217. The van der Waals surface area contributed by atoms with Gasteiger partial charge in [0.1, 0.15) is 5.82 Å². The minimum Gasteiger partial charge on any atom is -0.352 e. The third-order valence-corrected chi connectivity index (χ3v) is 6.30. The second-order valence-electron chi connectivity index (χ2n) is 9.46. The first-order valence-electron chi connectivity index (χ1n) is 10.5. The van der Waals surface area contributed by atoms with Gasteiger partial charge in [0.05, 0.1) is 18.2 Å². The van der Waals surface area contributed by atoms with Crippen molar-refractivity contribution in [3.63, 3.8) is 0 Å². The number of aromatic nitrogens is 3. The van der Waals surface area contributed by atoms with Crippen LogP contribution in [0.15, 0.2) is 30.5 Å². The highest BCUT2D eigenvalue weighted by molar-refractivity contribution is 5.79. The fraction of sp³-hybridized carbons (Fsp3) is 0.591. The molecule has 3 aliphatic rings. The maximum atomic E-state index is 13.0. The molecule has 1 aromatic heterocycles. The molecule has 6 nitrogen and oxygen atoms in total. The van der Waals surface area contributed by atoms with E-state index in [9.17, 15) is 9.18 Å². The number of carbonyl (C=O) groups excluding carboxylic acids is 1. The van der Waals surface area contributed by atoms with Gasteiger partial charge >= 0.3 is 0 Å². The van der Waals surface area contributed by atoms with Crippen LogP contribution >= 0.6 is 0 Å². The zero-order valence-electron chi connectivity index (χ0n) is 17.4. The van der Waals surface area contributed by atoms with E-state index in [-0.39, 0.29) is 23.1 Å². The van der Waals surface area contributed by atoms with Crippen molar-refractivity contribution in [1.29, 1.82) is 0 Å². The van der Waals surface area contributed by atoms with E-state index in [1.54, 1.807) is 12.1 Å². The van der Waals surface area contributed by atoms with Gasteiger partial charge in [-0.25, -0.2) is 4.39 Å². The molecule has 3 aliphatic heterocycles. The Morgan fingerprint density at radius 3 is 2.66 bits per heavy atom. The van der Waals surface area contributed by atoms with Gasteiger partial charge in [-0.1, -0.05) is 38.1 Å². The number of amides is 1. The predicted molar refractivity (Wildman–Crippen MR) is 109 cm³/mol. The van der Waals surface area contributed by atoms with Crippen LogP contribution in [0.2, 0.25) is 0 Å². The van der Waals surface area contributed by atoms with Crippen LogP contribution in [0.4, 0.5) is 4.39 Å². The summed E-state index contributed by atoms with van der Waals surface area (Å²) in [6.07, 6.45) is 4.13. The fourth-order valence-corrected chi connectivity index (χ4v) is 4.49. The number of carbonyl (C=O) groups is 1. The molecule has 5 rings (SSSR count). The van der Waals surface area contributed by atoms with E-state index >= 15 is 0 Å². The number of nitrogens with one attached hydrogen (secondary N) is 1. The van der Waals surface area contributed by atoms with Gasteiger partial charge in [0, 0.05) is 30.7 Å². The summed E-state index contributed by atoms with van der Waals surface area (Å²) in [5.74, 6) is 0.286. The van der Waals surface area contributed by atoms with Gasteiger partial charge in [0.2, 0.25) is 5.91 Å². The lowest BCUT2D eigenvalue weighted by atomic mass is 9.75. The fourth-order valence-electron chi connectivity index (χ4n) is 4.49. The quantitative estimate of drug-likeness (QED) is 0.840. The summed E-state index contributed by atoms with van der Waals surface area (Å²) in [5.41, 5.74) is 1.92. The second-order valence-corrected chi connectivity index (χ2v) is 9.46. The molecule has 4 heterocycles. The molecule has 2 aromatic rings. The first kappa shape index (κ1) is 20.0. The van der Waals surface area contributed by atoms with Crippen LogP contribution in [0.25, 0.3) is 0 Å². The summed E-state index contributed by atoms with van der Waals surface area (Å²) < 4.78 is 15.0. The van der Waals surface area contributed by atoms with E-state index in [2.05, 4.69) is 47.5 Å². The monoisotopic (exact) mass is 399 g/mol. The molecule has 0 spiro atoms. The lowest BCUT2D eigenvalue weighted by molar-refractivity contribution is -0.133. The topological polar surface area (TPSA) is 63.1 Å². The molecule has 156 valence electrons. The minimum atomic E-state index is -0.259. The molecule has 2 bridgehead atoms. The number of rotatable bonds is 5. The number of halogens is 1. The third kappa shape index (κ3) is 4.50. The largest absolute Gasteiger partial charge is 0.352 e. The predicted octanol–water partition coefficient (Wildman–Crippen LogP) is 2.74. The van der Waals surface area contributed by atoms with Crippen LogP contribution in [-0.2, 0) is 23.3 Å². The molecular formula is C22H30FN5O. The highest BCUT2D eigenvalue weighted by Gasteiger charge is 2.43. The number of benzene rings is 1. The average molecular weight is 400 g/mol. The van der Waals surface area contributed by atoms with Crippen LogP contribution in [0.3, 0.4) is 0 Å². The molecule has 1 N–H and O–H groups in total. The Kier molecular flexibility index (Phi) is 5.42. The van der Waals surface area contributed by atoms with E-state index in [0.717, 1.165) is 43.7 Å². The van der Waals surface area contributed by atoms with E-state index in [1.807, 2.05) is 4.68 Å². The number of piperidine rings is 3. The van der Waals surface area contributed by atoms with Gasteiger partial charge in [-0.05, 0) is 43.0 Å². The highest BCUT2D eigenvalue weighted by Crippen LogP contribution is 2.37. The number of fused-ring (bicyclic) bond motifs is 3. The Morgan fingerprint density at radius 1 is 1.28 bits per heavy atom. The van der Waals surface area contributed by atoms with Crippen molar-refractivity contribution >= 4 is 5.91 Å². The van der Waals surface area contributed by atoms with Crippen molar-refractivity contribution < 1.29 is 9.18 Å². The summed E-state index contributed by atoms with van der Waals surface area (Å²) in [7, 11) is 0. The van der Waals surface area contributed by atoms with Crippen molar-refractivity contribution in [3.05, 3.63) is 47.5 Å². The van der Waals surface area contributed by atoms with Gasteiger partial charge < -0.3 is 5.32 Å². The average Bonchev–Trinajstić information content (AvgIpc) is 3.17. The van der Waals surface area contributed by atoms with Crippen molar-refractivity contribution in [2.45, 2.75) is 58.2 Å². The second kappa shape index (κ2) is 7.86. The van der Waals surface area contributed by atoms with Gasteiger partial charge in [-0.2, -0.15) is 0 Å². The Bertz CT molecular complexity index is 857. The highest BCUT2D eigenvalue weighted by atomic mass is 19.1. The molecule has 0 radical (unpaired) electrons. The van der Waals surface area contributed by atoms with Crippen molar-refractivity contribution in [3.8, 4) is 0 Å². The van der Waals surface area contributed by atoms with E-state index < -0.39 is 0 Å². The molecule has 0 aliphatic carbocycles. The zero-order valence-corrected chi connectivity index (χ0v) is 17.4. The Morgan fingerprint density at radius 2 is 2.03 bits per heavy atom. The van der Waals surface area contributed by atoms with Gasteiger partial charge in [0.15, 0.2) is 0 Å². The number of hydrogen-bond donors (Lipinski definition) is 1. The summed E-state index contributed by atoms with van der Waals surface area (Å²) >= 11 is 0. The Balaban J connectivity index is 1.33. The van der Waals surface area contributed by atoms with E-state index in [1.165, 1.54) is 12.1 Å². The molecule has 1 amide bonds. The summed E-state index contributed by atoms with van der Waals surface area (Å²) in [5, 5.41) is 11.7. The van der Waals surface area contributed by atoms with Crippen LogP contribution in [0, 0.1) is 17.7 Å². The summed E-state index contributed by atoms with van der Waals surface area (Å²) in [4.78, 5) is 15.2. The van der Waals surface area contributed by atoms with Crippen LogP contribution < -0.4 is 5.32 Å². The van der Waals surface area contributed by atoms with Crippen molar-refractivity contribution in [2.75, 3.05) is 13.1 Å². The number of nitrogens with zero attached hydrogens (tertiary/aromatic N) is 4. The van der Waals surface area contributed by atoms with E-state index in [0.29, 0.717) is 18.5 Å². The Labute approximate surface area is 171 Å². The Hall–Kier alpha value is -2.28. The molecule has 3 fully saturated rings. The number of hydrogen-bond acceptors (Lipinski definition) is 4. The maximum Gasteiger partial charge on any atom is 0.224 e. The van der Waals surface area contributed by atoms with Crippen LogP contribution in [0.5, 0.6) is 0 Å². The lowest BCUT2D eigenvalue weighted by Gasteiger charge is -2.49. The zero-order chi connectivity index (χ0) is 20.6. The molecule has 7 heteroatoms. The maximum absolute atomic E-state index is 13.0. The third-order valence-electron chi connectivity index (χ3n) is 6.30. The normalized spacial score (nSPS) is 26.5. The molecule has 29 heavy (non-hydrogen) atoms. The first-order valence-corrected chi connectivity index (χ1v) is 10.5. The van der Waals surface area contributed by atoms with E-state index in [4.69, 9.17) is 0 Å². The molecule has 1 aromatic carbocycles. The van der Waals surface area contributed by atoms with Crippen LogP contribution in [-0.4, -0.2) is 44.9 Å². The SMILES string of the molecule is CC(C)(C)c1cn(C[C@H]2C[C@H]3CCN2C[C@@H]3C(=O)NCc2ccc(F)cc2)nn1. The van der Waals surface area contributed by atoms with Crippen molar-refractivity contribution in [2.24, 2.45) is 11.8 Å². The van der Waals surface area contributed by atoms with Gasteiger partial charge in [-0.3, -0.25) is 14.4 Å². The summed E-state index contributed by atoms with van der Waals surface area (Å²) in [6.45, 7) is 9.53. The first-order chi connectivity index (χ1) is 13.8. The molecule has 3 saturated heterocycles. The van der Waals surface area contributed by atoms with Crippen molar-refractivity contribution in [1.82, 2.24) is 25.2 Å². The molecular weight excluding hydrogens is 369 g/mol. The molecule has 0 saturated carbocycles. The standard InChI is InChI=1S/C22H30FN5O/c1-22(2,3)20-14-28(26-25-20)12-18-10-16-8-9-27(18)13-19(16)21(29)24-11-15-4-6-17(23)7-5-15/h4-7,14,16,18-19H,8-13H2,1-3H3,(H,24,29)/t16-,18-,19+/m1/s1. The molecule has 4 atom stereocenters. The van der Waals surface area contributed by atoms with Gasteiger partial charge in [-0.15, -0.1) is 5.10 Å².